The molecule has 0 saturated carbocycles. The molecule has 0 N–H and O–H groups in total. The van der Waals surface area contributed by atoms with Crippen molar-refractivity contribution in [3.63, 3.8) is 0 Å². The van der Waals surface area contributed by atoms with Crippen molar-refractivity contribution in [2.24, 2.45) is 0 Å². The van der Waals surface area contributed by atoms with Gasteiger partial charge in [-0.2, -0.15) is 0 Å². The number of rotatable bonds is 8. The average Bonchev–Trinajstić information content (AvgIpc) is 2.12. The van der Waals surface area contributed by atoms with Crippen LogP contribution in [0, 0.1) is 6.58 Å². The van der Waals surface area contributed by atoms with Gasteiger partial charge >= 0.3 is 17.1 Å². The van der Waals surface area contributed by atoms with Gasteiger partial charge in [-0.3, -0.25) is 6.08 Å². The molecule has 0 aromatic rings. The Morgan fingerprint density at radius 2 is 2.00 bits per heavy atom. The van der Waals surface area contributed by atoms with Crippen LogP contribution in [-0.4, -0.2) is 13.9 Å². The molecule has 0 rings (SSSR count). The van der Waals surface area contributed by atoms with Crippen LogP contribution >= 0.6 is 0 Å². The number of hydrogen-bond acceptors (Lipinski definition) is 1. The molecule has 0 aliphatic rings. The Bertz CT molecular complexity index is 250. The SMILES string of the molecule is [CH-]=CCC(CCCC)(O[Si](C)(C)C)C(=C)F.[Cu+]. The van der Waals surface area contributed by atoms with Crippen LogP contribution in [0.2, 0.25) is 19.6 Å². The van der Waals surface area contributed by atoms with Crippen LogP contribution in [0.15, 0.2) is 18.5 Å². The van der Waals surface area contributed by atoms with E-state index in [1.54, 1.807) is 0 Å². The zero-order valence-electron chi connectivity index (χ0n) is 11.3. The molecule has 1 atom stereocenters. The van der Waals surface area contributed by atoms with Crippen LogP contribution in [-0.2, 0) is 21.5 Å². The molecule has 0 bridgehead atoms. The Morgan fingerprint density at radius 3 is 2.29 bits per heavy atom. The quantitative estimate of drug-likeness (QED) is 0.469. The Labute approximate surface area is 117 Å². The molecule has 4 heteroatoms. The van der Waals surface area contributed by atoms with Crippen LogP contribution in [0.3, 0.4) is 0 Å². The molecule has 104 valence electrons. The van der Waals surface area contributed by atoms with Crippen LogP contribution in [0.4, 0.5) is 4.39 Å². The Kier molecular flexibility index (Phi) is 9.44. The predicted octanol–water partition coefficient (Wildman–Crippen LogP) is 4.63. The first-order valence-electron chi connectivity index (χ1n) is 5.86. The molecule has 0 amide bonds. The average molecular weight is 307 g/mol. The molecular weight excluding hydrogens is 283 g/mol. The molecule has 17 heavy (non-hydrogen) atoms. The fourth-order valence-electron chi connectivity index (χ4n) is 1.74. The minimum Gasteiger partial charge on any atom is -0.518 e. The molecule has 1 nitrogen and oxygen atoms in total. The van der Waals surface area contributed by atoms with E-state index in [1.165, 1.54) is 6.08 Å². The summed E-state index contributed by atoms with van der Waals surface area (Å²) in [5.41, 5.74) is -0.894. The summed E-state index contributed by atoms with van der Waals surface area (Å²) in [6, 6.07) is 0. The van der Waals surface area contributed by atoms with Gasteiger partial charge in [-0.05, 0) is 32.5 Å². The van der Waals surface area contributed by atoms with E-state index in [-0.39, 0.29) is 17.1 Å². The summed E-state index contributed by atoms with van der Waals surface area (Å²) < 4.78 is 19.7. The number of unbranched alkanes of at least 4 members (excludes halogenated alkanes) is 1. The van der Waals surface area contributed by atoms with Gasteiger partial charge in [-0.25, -0.2) is 4.39 Å². The van der Waals surface area contributed by atoms with Gasteiger partial charge in [-0.15, -0.1) is 0 Å². The summed E-state index contributed by atoms with van der Waals surface area (Å²) in [7, 11) is -1.82. The molecule has 0 saturated heterocycles. The zero-order valence-corrected chi connectivity index (χ0v) is 13.2. The van der Waals surface area contributed by atoms with Gasteiger partial charge in [-0.1, -0.05) is 26.3 Å². The number of hydrogen-bond donors (Lipinski definition) is 0. The van der Waals surface area contributed by atoms with Gasteiger partial charge in [0, 0.05) is 0 Å². The fourth-order valence-corrected chi connectivity index (χ4v) is 3.20. The first-order chi connectivity index (χ1) is 7.27. The summed E-state index contributed by atoms with van der Waals surface area (Å²) in [4.78, 5) is 0. The number of halogens is 1. The minimum absolute atomic E-state index is 0. The molecule has 1 unspecified atom stereocenters. The van der Waals surface area contributed by atoms with Gasteiger partial charge in [0.05, 0.1) is 0 Å². The largest absolute Gasteiger partial charge is 1.00 e. The first kappa shape index (κ1) is 19.4. The van der Waals surface area contributed by atoms with E-state index >= 15 is 0 Å². The summed E-state index contributed by atoms with van der Waals surface area (Å²) in [6.07, 6.45) is 4.44. The maximum atomic E-state index is 13.7. The van der Waals surface area contributed by atoms with Crippen LogP contribution < -0.4 is 0 Å². The minimum atomic E-state index is -1.82. The van der Waals surface area contributed by atoms with E-state index in [0.29, 0.717) is 12.8 Å². The summed E-state index contributed by atoms with van der Waals surface area (Å²) in [5.74, 6) is -0.398. The van der Waals surface area contributed by atoms with E-state index in [9.17, 15) is 4.39 Å². The predicted molar refractivity (Wildman–Crippen MR) is 70.4 cm³/mol. The second-order valence-corrected chi connectivity index (χ2v) is 9.59. The third-order valence-corrected chi connectivity index (χ3v) is 3.38. The molecule has 0 aliphatic heterocycles. The molecule has 0 aliphatic carbocycles. The molecule has 0 fully saturated rings. The smallest absolute Gasteiger partial charge is 0.518 e. The van der Waals surface area contributed by atoms with Crippen molar-refractivity contribution in [2.75, 3.05) is 0 Å². The second-order valence-electron chi connectivity index (χ2n) is 5.16. The van der Waals surface area contributed by atoms with E-state index in [0.717, 1.165) is 12.8 Å². The molecule has 0 spiro atoms. The molecule has 0 radical (unpaired) electrons. The molecule has 0 aromatic heterocycles. The molecule has 0 heterocycles. The monoisotopic (exact) mass is 306 g/mol. The van der Waals surface area contributed by atoms with Gasteiger partial charge in [0.1, 0.15) is 11.4 Å². The van der Waals surface area contributed by atoms with Gasteiger partial charge < -0.3 is 11.0 Å². The normalized spacial score (nSPS) is 14.6. The van der Waals surface area contributed by atoms with Crippen molar-refractivity contribution >= 4 is 8.32 Å². The maximum Gasteiger partial charge on any atom is 1.00 e. The van der Waals surface area contributed by atoms with Crippen LogP contribution in [0.1, 0.15) is 32.6 Å². The van der Waals surface area contributed by atoms with Crippen molar-refractivity contribution in [3.8, 4) is 0 Å². The van der Waals surface area contributed by atoms with E-state index in [1.807, 2.05) is 19.6 Å². The van der Waals surface area contributed by atoms with Crippen LogP contribution in [0.5, 0.6) is 0 Å². The summed E-state index contributed by atoms with van der Waals surface area (Å²) in [6.45, 7) is 17.1. The Hall–Kier alpha value is 0.106. The third kappa shape index (κ3) is 7.19. The van der Waals surface area contributed by atoms with E-state index < -0.39 is 19.7 Å². The third-order valence-electron chi connectivity index (χ3n) is 2.38. The first-order valence-corrected chi connectivity index (χ1v) is 9.26. The summed E-state index contributed by atoms with van der Waals surface area (Å²) in [5, 5.41) is 0. The van der Waals surface area contributed by atoms with Crippen LogP contribution in [0.25, 0.3) is 0 Å². The van der Waals surface area contributed by atoms with Gasteiger partial charge in [0.15, 0.2) is 8.32 Å². The van der Waals surface area contributed by atoms with E-state index in [4.69, 9.17) is 11.0 Å². The Morgan fingerprint density at radius 1 is 1.47 bits per heavy atom. The molecule has 0 aromatic carbocycles. The van der Waals surface area contributed by atoms with Crippen molar-refractivity contribution < 1.29 is 25.9 Å². The topological polar surface area (TPSA) is 9.23 Å². The summed E-state index contributed by atoms with van der Waals surface area (Å²) >= 11 is 0. The maximum absolute atomic E-state index is 13.7. The Balaban J connectivity index is 0. The second kappa shape index (κ2) is 8.25. The van der Waals surface area contributed by atoms with E-state index in [2.05, 4.69) is 13.5 Å². The van der Waals surface area contributed by atoms with Crippen molar-refractivity contribution in [1.82, 2.24) is 0 Å². The fraction of sp³-hybridized carbons (Fsp3) is 0.692. The van der Waals surface area contributed by atoms with Gasteiger partial charge in [0.25, 0.3) is 0 Å². The van der Waals surface area contributed by atoms with Gasteiger partial charge in [0.2, 0.25) is 0 Å². The molecular formula is C13H24CuFOSi. The van der Waals surface area contributed by atoms with Crippen molar-refractivity contribution in [1.29, 1.82) is 0 Å². The zero-order chi connectivity index (χ0) is 12.8. The standard InChI is InChI=1S/C13H24FOSi.Cu/c1-7-9-11-13(10-8-2,12(3)14)15-16(4,5)6;/h2,8H,3,7,9-11H2,1,4-6H3;/q-1;+1. The van der Waals surface area contributed by atoms with Crippen molar-refractivity contribution in [3.05, 3.63) is 25.1 Å². The van der Waals surface area contributed by atoms with Crippen molar-refractivity contribution in [2.45, 2.75) is 57.8 Å².